The fraction of sp³-hybridized carbons (Fsp3) is 0.133. The molecule has 3 rings (SSSR count). The lowest BCUT2D eigenvalue weighted by Crippen LogP contribution is -2.03. The summed E-state index contributed by atoms with van der Waals surface area (Å²) in [4.78, 5) is 12.4. The number of halogens is 2. The Labute approximate surface area is 124 Å². The molecule has 0 spiro atoms. The van der Waals surface area contributed by atoms with Gasteiger partial charge in [-0.1, -0.05) is 0 Å². The fourth-order valence-electron chi connectivity index (χ4n) is 2.10. The van der Waals surface area contributed by atoms with Crippen molar-refractivity contribution in [3.63, 3.8) is 0 Å². The molecule has 5 nitrogen and oxygen atoms in total. The number of rotatable bonds is 3. The maximum atomic E-state index is 13.3. The van der Waals surface area contributed by atoms with Gasteiger partial charge >= 0.3 is 0 Å². The Morgan fingerprint density at radius 2 is 1.77 bits per heavy atom. The van der Waals surface area contributed by atoms with Gasteiger partial charge in [0.2, 0.25) is 11.8 Å². The Hall–Kier alpha value is -2.83. The zero-order valence-electron chi connectivity index (χ0n) is 11.7. The standard InChI is InChI=1S/C15H12F2N4O/c1-2-22-14-13-12(20-15(18)21-14)4-3-11(19-13)8-5-9(16)7-10(17)6-8/h3-7H,2H2,1H3,(H2,18,20,21). The first-order valence-electron chi connectivity index (χ1n) is 6.60. The summed E-state index contributed by atoms with van der Waals surface area (Å²) in [6.45, 7) is 2.18. The highest BCUT2D eigenvalue weighted by Crippen LogP contribution is 2.26. The van der Waals surface area contributed by atoms with Gasteiger partial charge in [0.05, 0.1) is 17.8 Å². The summed E-state index contributed by atoms with van der Waals surface area (Å²) in [5.74, 6) is -1.03. The van der Waals surface area contributed by atoms with E-state index in [-0.39, 0.29) is 11.8 Å². The second-order valence-corrected chi connectivity index (χ2v) is 4.54. The van der Waals surface area contributed by atoms with Crippen molar-refractivity contribution in [3.8, 4) is 17.1 Å². The number of nitrogens with two attached hydrogens (primary N) is 1. The number of pyridine rings is 1. The summed E-state index contributed by atoms with van der Waals surface area (Å²) in [5, 5.41) is 0. The van der Waals surface area contributed by atoms with Crippen molar-refractivity contribution in [2.75, 3.05) is 12.3 Å². The number of ether oxygens (including phenoxy) is 1. The number of hydrogen-bond acceptors (Lipinski definition) is 5. The van der Waals surface area contributed by atoms with E-state index >= 15 is 0 Å². The molecule has 7 heteroatoms. The van der Waals surface area contributed by atoms with Crippen LogP contribution in [0.5, 0.6) is 5.88 Å². The summed E-state index contributed by atoms with van der Waals surface area (Å²) < 4.78 is 32.1. The molecule has 0 saturated carbocycles. The van der Waals surface area contributed by atoms with Crippen LogP contribution in [0.3, 0.4) is 0 Å². The average Bonchev–Trinajstić information content (AvgIpc) is 2.46. The SMILES string of the molecule is CCOc1nc(N)nc2ccc(-c3cc(F)cc(F)c3)nc12. The first-order chi connectivity index (χ1) is 10.6. The fourth-order valence-corrected chi connectivity index (χ4v) is 2.10. The van der Waals surface area contributed by atoms with Gasteiger partial charge < -0.3 is 10.5 Å². The Kier molecular flexibility index (Phi) is 3.54. The van der Waals surface area contributed by atoms with Crippen LogP contribution in [0.4, 0.5) is 14.7 Å². The van der Waals surface area contributed by atoms with Crippen LogP contribution in [0.15, 0.2) is 30.3 Å². The molecule has 0 unspecified atom stereocenters. The molecule has 2 aromatic heterocycles. The third-order valence-corrected chi connectivity index (χ3v) is 2.97. The summed E-state index contributed by atoms with van der Waals surface area (Å²) >= 11 is 0. The molecule has 0 saturated heterocycles. The lowest BCUT2D eigenvalue weighted by Gasteiger charge is -2.08. The van der Waals surface area contributed by atoms with E-state index in [1.54, 1.807) is 19.1 Å². The normalized spacial score (nSPS) is 10.9. The van der Waals surface area contributed by atoms with Crippen LogP contribution in [-0.2, 0) is 0 Å². The van der Waals surface area contributed by atoms with Crippen LogP contribution in [0.1, 0.15) is 6.92 Å². The van der Waals surface area contributed by atoms with Gasteiger partial charge in [-0.05, 0) is 31.2 Å². The van der Waals surface area contributed by atoms with Gasteiger partial charge in [-0.15, -0.1) is 0 Å². The second-order valence-electron chi connectivity index (χ2n) is 4.54. The van der Waals surface area contributed by atoms with E-state index in [9.17, 15) is 8.78 Å². The number of fused-ring (bicyclic) bond motifs is 1. The van der Waals surface area contributed by atoms with E-state index in [4.69, 9.17) is 10.5 Å². The molecule has 0 bridgehead atoms. The summed E-state index contributed by atoms with van der Waals surface area (Å²) in [6, 6.07) is 6.48. The number of anilines is 1. The van der Waals surface area contributed by atoms with Crippen molar-refractivity contribution < 1.29 is 13.5 Å². The van der Waals surface area contributed by atoms with Crippen LogP contribution in [0, 0.1) is 11.6 Å². The number of nitrogens with zero attached hydrogens (tertiary/aromatic N) is 3. The molecule has 2 heterocycles. The van der Waals surface area contributed by atoms with E-state index in [2.05, 4.69) is 15.0 Å². The number of hydrogen-bond donors (Lipinski definition) is 1. The average molecular weight is 302 g/mol. The lowest BCUT2D eigenvalue weighted by atomic mass is 10.1. The third-order valence-electron chi connectivity index (χ3n) is 2.97. The molecular formula is C15H12F2N4O. The Morgan fingerprint density at radius 3 is 2.45 bits per heavy atom. The minimum atomic E-state index is -0.671. The van der Waals surface area contributed by atoms with E-state index in [1.165, 1.54) is 12.1 Å². The van der Waals surface area contributed by atoms with Crippen molar-refractivity contribution in [2.45, 2.75) is 6.92 Å². The number of aromatic nitrogens is 3. The number of benzene rings is 1. The molecule has 0 atom stereocenters. The van der Waals surface area contributed by atoms with Gasteiger partial charge in [-0.3, -0.25) is 0 Å². The zero-order valence-corrected chi connectivity index (χ0v) is 11.7. The van der Waals surface area contributed by atoms with Crippen molar-refractivity contribution in [2.24, 2.45) is 0 Å². The maximum Gasteiger partial charge on any atom is 0.245 e. The molecular weight excluding hydrogens is 290 g/mol. The van der Waals surface area contributed by atoms with Crippen molar-refractivity contribution in [1.82, 2.24) is 15.0 Å². The van der Waals surface area contributed by atoms with Crippen molar-refractivity contribution in [1.29, 1.82) is 0 Å². The van der Waals surface area contributed by atoms with Crippen molar-refractivity contribution in [3.05, 3.63) is 42.0 Å². The molecule has 0 fully saturated rings. The lowest BCUT2D eigenvalue weighted by molar-refractivity contribution is 0.330. The minimum Gasteiger partial charge on any atom is -0.476 e. The van der Waals surface area contributed by atoms with Gasteiger partial charge in [-0.25, -0.2) is 18.7 Å². The van der Waals surface area contributed by atoms with E-state index < -0.39 is 11.6 Å². The molecule has 1 aromatic carbocycles. The van der Waals surface area contributed by atoms with Crippen LogP contribution < -0.4 is 10.5 Å². The Balaban J connectivity index is 2.20. The van der Waals surface area contributed by atoms with Crippen LogP contribution in [0.2, 0.25) is 0 Å². The first kappa shape index (κ1) is 14.1. The minimum absolute atomic E-state index is 0.0716. The van der Waals surface area contributed by atoms with E-state index in [1.807, 2.05) is 0 Å². The zero-order chi connectivity index (χ0) is 15.7. The highest BCUT2D eigenvalue weighted by atomic mass is 19.1. The quantitative estimate of drug-likeness (QED) is 0.805. The van der Waals surface area contributed by atoms with Crippen LogP contribution in [-0.4, -0.2) is 21.6 Å². The monoisotopic (exact) mass is 302 g/mol. The van der Waals surface area contributed by atoms with Gasteiger partial charge in [0.1, 0.15) is 11.6 Å². The van der Waals surface area contributed by atoms with Gasteiger partial charge in [0.15, 0.2) is 5.52 Å². The summed E-state index contributed by atoms with van der Waals surface area (Å²) in [6.07, 6.45) is 0. The molecule has 3 aromatic rings. The van der Waals surface area contributed by atoms with E-state index in [0.29, 0.717) is 28.9 Å². The highest BCUT2D eigenvalue weighted by Gasteiger charge is 2.12. The predicted molar refractivity (Wildman–Crippen MR) is 78.3 cm³/mol. The summed E-state index contributed by atoms with van der Waals surface area (Å²) in [7, 11) is 0. The maximum absolute atomic E-state index is 13.3. The molecule has 22 heavy (non-hydrogen) atoms. The van der Waals surface area contributed by atoms with Crippen LogP contribution in [0.25, 0.3) is 22.3 Å². The van der Waals surface area contributed by atoms with Crippen LogP contribution >= 0.6 is 0 Å². The largest absolute Gasteiger partial charge is 0.476 e. The number of nitrogen functional groups attached to an aromatic ring is 1. The highest BCUT2D eigenvalue weighted by molar-refractivity contribution is 5.83. The topological polar surface area (TPSA) is 73.9 Å². The molecule has 0 aliphatic carbocycles. The predicted octanol–water partition coefficient (Wildman–Crippen LogP) is 2.95. The van der Waals surface area contributed by atoms with Gasteiger partial charge in [0.25, 0.3) is 0 Å². The molecule has 0 aliphatic rings. The van der Waals surface area contributed by atoms with Gasteiger partial charge in [0, 0.05) is 11.6 Å². The Bertz CT molecular complexity index is 834. The summed E-state index contributed by atoms with van der Waals surface area (Å²) in [5.41, 5.74) is 7.21. The molecule has 2 N–H and O–H groups in total. The molecule has 0 amide bonds. The van der Waals surface area contributed by atoms with Crippen molar-refractivity contribution >= 4 is 17.0 Å². The smallest absolute Gasteiger partial charge is 0.245 e. The molecule has 0 radical (unpaired) electrons. The second kappa shape index (κ2) is 5.51. The first-order valence-corrected chi connectivity index (χ1v) is 6.60. The Morgan fingerprint density at radius 1 is 1.05 bits per heavy atom. The van der Waals surface area contributed by atoms with Gasteiger partial charge in [-0.2, -0.15) is 4.98 Å². The molecule has 112 valence electrons. The van der Waals surface area contributed by atoms with E-state index in [0.717, 1.165) is 6.07 Å². The third kappa shape index (κ3) is 2.65. The molecule has 0 aliphatic heterocycles.